The average Bonchev–Trinajstić information content (AvgIpc) is 3.00. The first kappa shape index (κ1) is 23.7. The summed E-state index contributed by atoms with van der Waals surface area (Å²) in [6, 6.07) is 26.4. The summed E-state index contributed by atoms with van der Waals surface area (Å²) < 4.78 is 0. The van der Waals surface area contributed by atoms with E-state index in [0.717, 1.165) is 36.0 Å². The molecule has 2 aliphatic heterocycles. The molecule has 0 unspecified atom stereocenters. The number of hydrogen-bond acceptors (Lipinski definition) is 3. The Labute approximate surface area is 213 Å². The van der Waals surface area contributed by atoms with Gasteiger partial charge in [-0.3, -0.25) is 9.59 Å². The van der Waals surface area contributed by atoms with Gasteiger partial charge in [-0.15, -0.1) is 0 Å². The van der Waals surface area contributed by atoms with Crippen LogP contribution in [0.2, 0.25) is 0 Å². The fraction of sp³-hybridized carbons (Fsp3) is 0.333. The first-order chi connectivity index (χ1) is 17.0. The number of hydrogen-bond donors (Lipinski definition) is 2. The number of rotatable bonds is 5. The molecule has 5 heteroatoms. The summed E-state index contributed by atoms with van der Waals surface area (Å²) in [5.74, 6) is -0.172. The number of amides is 2. The second-order valence-electron chi connectivity index (χ2n) is 9.79. The molecule has 1 N–H and O–H groups in total. The normalized spacial score (nSPS) is 22.5. The number of thiol groups is 1. The van der Waals surface area contributed by atoms with Crippen molar-refractivity contribution in [2.75, 3.05) is 0 Å². The van der Waals surface area contributed by atoms with Crippen LogP contribution in [0.25, 0.3) is 11.1 Å². The fourth-order valence-corrected chi connectivity index (χ4v) is 5.85. The first-order valence-electron chi connectivity index (χ1n) is 12.5. The van der Waals surface area contributed by atoms with Gasteiger partial charge in [-0.1, -0.05) is 72.8 Å². The number of benzene rings is 3. The van der Waals surface area contributed by atoms with E-state index in [0.29, 0.717) is 12.8 Å². The largest absolute Gasteiger partial charge is 0.343 e. The van der Waals surface area contributed by atoms with Crippen molar-refractivity contribution in [1.82, 2.24) is 10.2 Å². The van der Waals surface area contributed by atoms with Crippen molar-refractivity contribution in [3.8, 4) is 11.1 Å². The lowest BCUT2D eigenvalue weighted by molar-refractivity contribution is -0.141. The summed E-state index contributed by atoms with van der Waals surface area (Å²) in [5.41, 5.74) is 5.75. The van der Waals surface area contributed by atoms with E-state index >= 15 is 0 Å². The zero-order chi connectivity index (χ0) is 24.4. The molecule has 4 nitrogen and oxygen atoms in total. The van der Waals surface area contributed by atoms with Gasteiger partial charge in [0.1, 0.15) is 6.04 Å². The molecular formula is C30H32N2O2S. The van der Waals surface area contributed by atoms with Crippen molar-refractivity contribution in [3.63, 3.8) is 0 Å². The van der Waals surface area contributed by atoms with Gasteiger partial charge in [0.2, 0.25) is 11.8 Å². The molecule has 35 heavy (non-hydrogen) atoms. The molecule has 0 spiro atoms. The van der Waals surface area contributed by atoms with E-state index in [-0.39, 0.29) is 23.9 Å². The summed E-state index contributed by atoms with van der Waals surface area (Å²) in [5, 5.41) is 2.55. The third-order valence-electron chi connectivity index (χ3n) is 7.39. The SMILES string of the molecule is C[C@@H]1CCC[C@@H]2c3cc(-c4ccccc4)ccc3C[C@H](NC(=O)[C@@H](S)Cc3ccccc3)C(=O)N12. The lowest BCUT2D eigenvalue weighted by Gasteiger charge is -2.41. The number of nitrogens with one attached hydrogen (secondary N) is 1. The highest BCUT2D eigenvalue weighted by Gasteiger charge is 2.41. The van der Waals surface area contributed by atoms with E-state index in [9.17, 15) is 9.59 Å². The van der Waals surface area contributed by atoms with E-state index < -0.39 is 11.3 Å². The van der Waals surface area contributed by atoms with Gasteiger partial charge in [-0.2, -0.15) is 12.6 Å². The molecule has 2 aliphatic rings. The van der Waals surface area contributed by atoms with E-state index in [2.05, 4.69) is 67.3 Å². The first-order valence-corrected chi connectivity index (χ1v) is 13.1. The lowest BCUT2D eigenvalue weighted by Crippen LogP contribution is -2.54. The maximum atomic E-state index is 13.8. The van der Waals surface area contributed by atoms with Gasteiger partial charge in [0, 0.05) is 12.5 Å². The highest BCUT2D eigenvalue weighted by Crippen LogP contribution is 2.40. The van der Waals surface area contributed by atoms with Crippen LogP contribution in [0.5, 0.6) is 0 Å². The molecule has 4 atom stereocenters. The van der Waals surface area contributed by atoms with Gasteiger partial charge in [0.05, 0.1) is 11.3 Å². The van der Waals surface area contributed by atoms with Crippen molar-refractivity contribution in [1.29, 1.82) is 0 Å². The Bertz CT molecular complexity index is 1200. The number of fused-ring (bicyclic) bond motifs is 3. The van der Waals surface area contributed by atoms with Crippen LogP contribution in [0.3, 0.4) is 0 Å². The van der Waals surface area contributed by atoms with Crippen LogP contribution in [0.4, 0.5) is 0 Å². The number of carbonyl (C=O) groups is 2. The van der Waals surface area contributed by atoms with Crippen molar-refractivity contribution in [2.24, 2.45) is 0 Å². The monoisotopic (exact) mass is 484 g/mol. The number of nitrogens with zero attached hydrogens (tertiary/aromatic N) is 1. The molecule has 3 aromatic rings. The molecule has 2 heterocycles. The topological polar surface area (TPSA) is 49.4 Å². The van der Waals surface area contributed by atoms with Crippen LogP contribution < -0.4 is 5.32 Å². The Morgan fingerprint density at radius 3 is 2.46 bits per heavy atom. The van der Waals surface area contributed by atoms with Crippen LogP contribution in [0.1, 0.15) is 48.9 Å². The molecule has 0 aliphatic carbocycles. The third-order valence-corrected chi connectivity index (χ3v) is 7.81. The fourth-order valence-electron chi connectivity index (χ4n) is 5.57. The van der Waals surface area contributed by atoms with Crippen molar-refractivity contribution in [2.45, 2.75) is 62.4 Å². The standard InChI is InChI=1S/C30H32N2O2S/c1-20-9-8-14-27-25-18-23(22-12-6-3-7-13-22)15-16-24(25)19-26(30(34)32(20)27)31-29(33)28(35)17-21-10-4-2-5-11-21/h2-7,10-13,15-16,18,20,26-28,35H,8-9,14,17,19H2,1H3,(H,31,33)/t20-,26+,27-,28+/m1/s1. The maximum absolute atomic E-state index is 13.8. The Morgan fingerprint density at radius 2 is 1.71 bits per heavy atom. The van der Waals surface area contributed by atoms with Gasteiger partial charge in [-0.05, 0) is 66.5 Å². The quantitative estimate of drug-likeness (QED) is 0.478. The Hall–Kier alpha value is -3.05. The van der Waals surface area contributed by atoms with Gasteiger partial charge < -0.3 is 10.2 Å². The van der Waals surface area contributed by atoms with Crippen LogP contribution >= 0.6 is 12.6 Å². The second-order valence-corrected chi connectivity index (χ2v) is 10.4. The zero-order valence-electron chi connectivity index (χ0n) is 20.1. The lowest BCUT2D eigenvalue weighted by atomic mass is 9.88. The van der Waals surface area contributed by atoms with Crippen molar-refractivity contribution in [3.05, 3.63) is 95.6 Å². The molecule has 2 amide bonds. The predicted octanol–water partition coefficient (Wildman–Crippen LogP) is 5.38. The maximum Gasteiger partial charge on any atom is 0.246 e. The van der Waals surface area contributed by atoms with E-state index in [1.807, 2.05) is 41.3 Å². The van der Waals surface area contributed by atoms with Crippen LogP contribution in [-0.4, -0.2) is 34.0 Å². The van der Waals surface area contributed by atoms with E-state index in [1.54, 1.807) is 0 Å². The molecule has 0 saturated carbocycles. The molecule has 1 saturated heterocycles. The number of carbonyl (C=O) groups excluding carboxylic acids is 2. The third kappa shape index (κ3) is 5.01. The highest BCUT2D eigenvalue weighted by atomic mass is 32.1. The Kier molecular flexibility index (Phi) is 6.96. The van der Waals surface area contributed by atoms with Gasteiger partial charge in [0.25, 0.3) is 0 Å². The molecule has 1 fully saturated rings. The summed E-state index contributed by atoms with van der Waals surface area (Å²) in [6.07, 6.45) is 4.05. The number of piperidine rings is 1. The molecule has 0 radical (unpaired) electrons. The minimum absolute atomic E-state index is 0.0215. The average molecular weight is 485 g/mol. The predicted molar refractivity (Wildman–Crippen MR) is 143 cm³/mol. The summed E-state index contributed by atoms with van der Waals surface area (Å²) in [7, 11) is 0. The van der Waals surface area contributed by atoms with Crippen molar-refractivity contribution >= 4 is 24.4 Å². The Balaban J connectivity index is 1.44. The summed E-state index contributed by atoms with van der Waals surface area (Å²) in [4.78, 5) is 29.0. The summed E-state index contributed by atoms with van der Waals surface area (Å²) in [6.45, 7) is 2.13. The molecule has 0 bridgehead atoms. The smallest absolute Gasteiger partial charge is 0.246 e. The summed E-state index contributed by atoms with van der Waals surface area (Å²) >= 11 is 4.58. The molecule has 5 rings (SSSR count). The van der Waals surface area contributed by atoms with Crippen LogP contribution in [-0.2, 0) is 22.4 Å². The van der Waals surface area contributed by atoms with Gasteiger partial charge in [-0.25, -0.2) is 0 Å². The minimum Gasteiger partial charge on any atom is -0.343 e. The van der Waals surface area contributed by atoms with Crippen LogP contribution in [0.15, 0.2) is 78.9 Å². The van der Waals surface area contributed by atoms with Crippen LogP contribution in [0, 0.1) is 0 Å². The van der Waals surface area contributed by atoms with Gasteiger partial charge in [0.15, 0.2) is 0 Å². The van der Waals surface area contributed by atoms with Crippen molar-refractivity contribution < 1.29 is 9.59 Å². The second kappa shape index (κ2) is 10.3. The molecule has 3 aromatic carbocycles. The molecule has 180 valence electrons. The Morgan fingerprint density at radius 1 is 1.00 bits per heavy atom. The van der Waals surface area contributed by atoms with Gasteiger partial charge >= 0.3 is 0 Å². The molecular weight excluding hydrogens is 452 g/mol. The van der Waals surface area contributed by atoms with E-state index in [4.69, 9.17) is 0 Å². The highest BCUT2D eigenvalue weighted by molar-refractivity contribution is 7.81. The minimum atomic E-state index is -0.584. The zero-order valence-corrected chi connectivity index (χ0v) is 21.0. The van der Waals surface area contributed by atoms with E-state index in [1.165, 1.54) is 11.1 Å². The molecule has 0 aromatic heterocycles.